The van der Waals surface area contributed by atoms with Gasteiger partial charge in [0.1, 0.15) is 11.6 Å². The molecule has 0 saturated carbocycles. The molecule has 1 N–H and O–H groups in total. The summed E-state index contributed by atoms with van der Waals surface area (Å²) in [7, 11) is 0. The Morgan fingerprint density at radius 1 is 1.26 bits per heavy atom. The molecule has 0 aliphatic rings. The Bertz CT molecular complexity index is 568. The highest BCUT2D eigenvalue weighted by atomic mass is 127. The van der Waals surface area contributed by atoms with E-state index in [1.54, 1.807) is 11.3 Å². The minimum absolute atomic E-state index is 0.697. The third-order valence-corrected chi connectivity index (χ3v) is 4.73. The van der Waals surface area contributed by atoms with Crippen molar-refractivity contribution in [2.24, 2.45) is 0 Å². The molecule has 0 unspecified atom stereocenters. The lowest BCUT2D eigenvalue weighted by Crippen LogP contribution is -2.09. The molecule has 2 heterocycles. The van der Waals surface area contributed by atoms with Gasteiger partial charge in [-0.05, 0) is 42.9 Å². The summed E-state index contributed by atoms with van der Waals surface area (Å²) in [5.74, 6) is 1.78. The van der Waals surface area contributed by atoms with Crippen molar-refractivity contribution < 1.29 is 0 Å². The van der Waals surface area contributed by atoms with Gasteiger partial charge in [0.15, 0.2) is 0 Å². The number of hydrogen-bond acceptors (Lipinski definition) is 5. The highest BCUT2D eigenvalue weighted by Crippen LogP contribution is 2.20. The normalized spacial score (nSPS) is 10.7. The van der Waals surface area contributed by atoms with Crippen molar-refractivity contribution in [2.45, 2.75) is 33.6 Å². The number of aromatic nitrogens is 3. The maximum Gasteiger partial charge on any atom is 0.143 e. The largest absolute Gasteiger partial charge is 0.369 e. The zero-order valence-corrected chi connectivity index (χ0v) is 14.3. The first-order valence-electron chi connectivity index (χ1n) is 6.28. The zero-order chi connectivity index (χ0) is 13.8. The summed E-state index contributed by atoms with van der Waals surface area (Å²) >= 11 is 3.96. The van der Waals surface area contributed by atoms with Crippen molar-refractivity contribution in [1.29, 1.82) is 0 Å². The summed E-state index contributed by atoms with van der Waals surface area (Å²) < 4.78 is 1.10. The van der Waals surface area contributed by atoms with Crippen molar-refractivity contribution in [2.75, 3.05) is 11.9 Å². The molecule has 0 fully saturated rings. The molecule has 0 radical (unpaired) electrons. The first kappa shape index (κ1) is 14.6. The number of nitrogens with one attached hydrogen (secondary N) is 1. The molecule has 102 valence electrons. The SMILES string of the molecule is CCCNc1nc(Cc2csc(C)n2)nc(C)c1I. The first-order chi connectivity index (χ1) is 9.10. The molecular weight excluding hydrogens is 371 g/mol. The summed E-state index contributed by atoms with van der Waals surface area (Å²) in [6, 6.07) is 0. The van der Waals surface area contributed by atoms with Crippen LogP contribution in [0.25, 0.3) is 0 Å². The molecule has 0 amide bonds. The minimum atomic E-state index is 0.697. The Morgan fingerprint density at radius 3 is 2.68 bits per heavy atom. The predicted molar refractivity (Wildman–Crippen MR) is 87.9 cm³/mol. The molecule has 0 bridgehead atoms. The third kappa shape index (κ3) is 3.85. The lowest BCUT2D eigenvalue weighted by molar-refractivity contribution is 0.897. The predicted octanol–water partition coefficient (Wildman–Crippen LogP) is 3.57. The van der Waals surface area contributed by atoms with E-state index in [1.165, 1.54) is 0 Å². The Labute approximate surface area is 131 Å². The smallest absolute Gasteiger partial charge is 0.143 e. The van der Waals surface area contributed by atoms with Crippen LogP contribution in [-0.2, 0) is 6.42 Å². The van der Waals surface area contributed by atoms with Crippen LogP contribution < -0.4 is 5.32 Å². The van der Waals surface area contributed by atoms with E-state index in [0.29, 0.717) is 6.42 Å². The van der Waals surface area contributed by atoms with Crippen molar-refractivity contribution in [3.05, 3.63) is 31.2 Å². The molecule has 0 aliphatic carbocycles. The fourth-order valence-electron chi connectivity index (χ4n) is 1.71. The lowest BCUT2D eigenvalue weighted by atomic mass is 10.3. The number of thiazole rings is 1. The number of aryl methyl sites for hydroxylation is 2. The topological polar surface area (TPSA) is 50.7 Å². The first-order valence-corrected chi connectivity index (χ1v) is 8.24. The molecule has 0 spiro atoms. The summed E-state index contributed by atoms with van der Waals surface area (Å²) in [5, 5.41) is 6.52. The van der Waals surface area contributed by atoms with Crippen LogP contribution in [0.15, 0.2) is 5.38 Å². The van der Waals surface area contributed by atoms with E-state index in [9.17, 15) is 0 Å². The summed E-state index contributed by atoms with van der Waals surface area (Å²) in [6.07, 6.45) is 1.78. The van der Waals surface area contributed by atoms with Gasteiger partial charge in [-0.3, -0.25) is 0 Å². The van der Waals surface area contributed by atoms with Crippen LogP contribution in [-0.4, -0.2) is 21.5 Å². The van der Waals surface area contributed by atoms with Gasteiger partial charge in [0, 0.05) is 11.9 Å². The molecule has 2 aromatic rings. The molecule has 0 aromatic carbocycles. The van der Waals surface area contributed by atoms with Crippen LogP contribution in [0, 0.1) is 17.4 Å². The fraction of sp³-hybridized carbons (Fsp3) is 0.462. The van der Waals surface area contributed by atoms with E-state index in [4.69, 9.17) is 0 Å². The minimum Gasteiger partial charge on any atom is -0.369 e. The van der Waals surface area contributed by atoms with Gasteiger partial charge < -0.3 is 5.32 Å². The molecule has 4 nitrogen and oxygen atoms in total. The molecular formula is C13H17IN4S. The molecule has 2 rings (SSSR count). The van der Waals surface area contributed by atoms with Gasteiger partial charge in [0.05, 0.1) is 26.4 Å². The Morgan fingerprint density at radius 2 is 2.05 bits per heavy atom. The van der Waals surface area contributed by atoms with Gasteiger partial charge in [-0.2, -0.15) is 0 Å². The summed E-state index contributed by atoms with van der Waals surface area (Å²) in [4.78, 5) is 13.6. The van der Waals surface area contributed by atoms with E-state index in [0.717, 1.165) is 44.6 Å². The highest BCUT2D eigenvalue weighted by molar-refractivity contribution is 14.1. The van der Waals surface area contributed by atoms with E-state index < -0.39 is 0 Å². The molecule has 0 aliphatic heterocycles. The van der Waals surface area contributed by atoms with E-state index in [1.807, 2.05) is 13.8 Å². The van der Waals surface area contributed by atoms with E-state index in [2.05, 4.69) is 55.2 Å². The van der Waals surface area contributed by atoms with Gasteiger partial charge in [-0.25, -0.2) is 15.0 Å². The van der Waals surface area contributed by atoms with Crippen molar-refractivity contribution >= 4 is 39.7 Å². The number of nitrogens with zero attached hydrogens (tertiary/aromatic N) is 3. The number of rotatable bonds is 5. The zero-order valence-electron chi connectivity index (χ0n) is 11.3. The Hall–Kier alpha value is -0.760. The van der Waals surface area contributed by atoms with Crippen LogP contribution in [0.4, 0.5) is 5.82 Å². The summed E-state index contributed by atoms with van der Waals surface area (Å²) in [6.45, 7) is 7.12. The monoisotopic (exact) mass is 388 g/mol. The van der Waals surface area contributed by atoms with Crippen LogP contribution in [0.3, 0.4) is 0 Å². The Balaban J connectivity index is 2.23. The standard InChI is InChI=1S/C13H17IN4S/c1-4-5-15-13-12(14)8(2)16-11(18-13)6-10-7-19-9(3)17-10/h7H,4-6H2,1-3H3,(H,15,16,18). The highest BCUT2D eigenvalue weighted by Gasteiger charge is 2.10. The van der Waals surface area contributed by atoms with Crippen molar-refractivity contribution in [3.8, 4) is 0 Å². The maximum absolute atomic E-state index is 4.61. The molecule has 0 atom stereocenters. The van der Waals surface area contributed by atoms with E-state index >= 15 is 0 Å². The average molecular weight is 388 g/mol. The lowest BCUT2D eigenvalue weighted by Gasteiger charge is -2.10. The van der Waals surface area contributed by atoms with Crippen LogP contribution in [0.2, 0.25) is 0 Å². The number of halogens is 1. The van der Waals surface area contributed by atoms with E-state index in [-0.39, 0.29) is 0 Å². The molecule has 2 aromatic heterocycles. The second kappa shape index (κ2) is 6.60. The quantitative estimate of drug-likeness (QED) is 0.796. The van der Waals surface area contributed by atoms with Gasteiger partial charge in [0.2, 0.25) is 0 Å². The van der Waals surface area contributed by atoms with Crippen molar-refractivity contribution in [1.82, 2.24) is 15.0 Å². The van der Waals surface area contributed by atoms with Gasteiger partial charge >= 0.3 is 0 Å². The second-order valence-corrected chi connectivity index (χ2v) is 6.49. The number of anilines is 1. The fourth-order valence-corrected chi connectivity index (χ4v) is 2.75. The van der Waals surface area contributed by atoms with Crippen LogP contribution in [0.1, 0.15) is 35.6 Å². The molecule has 19 heavy (non-hydrogen) atoms. The third-order valence-electron chi connectivity index (χ3n) is 2.61. The summed E-state index contributed by atoms with van der Waals surface area (Å²) in [5.41, 5.74) is 2.07. The Kier molecular flexibility index (Phi) is 5.09. The van der Waals surface area contributed by atoms with Gasteiger partial charge in [-0.15, -0.1) is 11.3 Å². The van der Waals surface area contributed by atoms with Crippen LogP contribution in [0.5, 0.6) is 0 Å². The van der Waals surface area contributed by atoms with Crippen LogP contribution >= 0.6 is 33.9 Å². The molecule has 0 saturated heterocycles. The maximum atomic E-state index is 4.61. The average Bonchev–Trinajstić information content (AvgIpc) is 2.77. The van der Waals surface area contributed by atoms with Gasteiger partial charge in [-0.1, -0.05) is 6.92 Å². The molecule has 6 heteroatoms. The van der Waals surface area contributed by atoms with Crippen molar-refractivity contribution in [3.63, 3.8) is 0 Å². The number of hydrogen-bond donors (Lipinski definition) is 1. The van der Waals surface area contributed by atoms with Gasteiger partial charge in [0.25, 0.3) is 0 Å². The second-order valence-electron chi connectivity index (χ2n) is 4.35.